The van der Waals surface area contributed by atoms with Gasteiger partial charge in [-0.05, 0) is 65.5 Å². The van der Waals surface area contributed by atoms with Crippen LogP contribution in [0, 0.1) is 11.3 Å². The van der Waals surface area contributed by atoms with E-state index in [0.29, 0.717) is 5.92 Å². The Labute approximate surface area is 108 Å². The van der Waals surface area contributed by atoms with Crippen molar-refractivity contribution in [3.8, 4) is 0 Å². The molecule has 1 aliphatic rings. The molecule has 0 N–H and O–H groups in total. The summed E-state index contributed by atoms with van der Waals surface area (Å²) in [5.41, 5.74) is 9.28. The van der Waals surface area contributed by atoms with Gasteiger partial charge in [0.25, 0.3) is 0 Å². The molecular formula is C17H28. The lowest BCUT2D eigenvalue weighted by molar-refractivity contribution is 0.339. The molecule has 96 valence electrons. The molecule has 0 amide bonds. The van der Waals surface area contributed by atoms with Gasteiger partial charge in [-0.2, -0.15) is 0 Å². The van der Waals surface area contributed by atoms with Crippen LogP contribution in [0.25, 0.3) is 0 Å². The molecule has 0 spiro atoms. The van der Waals surface area contributed by atoms with Gasteiger partial charge in [0.2, 0.25) is 0 Å². The highest BCUT2D eigenvalue weighted by Gasteiger charge is 2.40. The summed E-state index contributed by atoms with van der Waals surface area (Å²) in [5, 5.41) is 0. The number of hydrogen-bond donors (Lipinski definition) is 0. The Kier molecular flexibility index (Phi) is 3.76. The van der Waals surface area contributed by atoms with Crippen LogP contribution in [0.1, 0.15) is 62.3 Å². The molecule has 0 heterocycles. The molecule has 2 unspecified atom stereocenters. The van der Waals surface area contributed by atoms with E-state index in [9.17, 15) is 0 Å². The average molecular weight is 232 g/mol. The molecule has 0 aromatic heterocycles. The number of rotatable bonds is 1. The van der Waals surface area contributed by atoms with E-state index in [4.69, 9.17) is 0 Å². The summed E-state index contributed by atoms with van der Waals surface area (Å²) in [4.78, 5) is 0. The Morgan fingerprint density at radius 2 is 1.41 bits per heavy atom. The van der Waals surface area contributed by atoms with Gasteiger partial charge in [-0.3, -0.25) is 0 Å². The topological polar surface area (TPSA) is 0 Å². The van der Waals surface area contributed by atoms with Crippen LogP contribution in [0.4, 0.5) is 0 Å². The minimum atomic E-state index is 0.201. The summed E-state index contributed by atoms with van der Waals surface area (Å²) in [6.07, 6.45) is 0. The van der Waals surface area contributed by atoms with Gasteiger partial charge in [0.1, 0.15) is 0 Å². The largest absolute Gasteiger partial charge is 0.0766 e. The summed E-state index contributed by atoms with van der Waals surface area (Å²) < 4.78 is 0. The third kappa shape index (κ3) is 1.92. The normalized spacial score (nSPS) is 29.8. The summed E-state index contributed by atoms with van der Waals surface area (Å²) >= 11 is 0. The third-order valence-electron chi connectivity index (χ3n) is 5.54. The molecule has 1 aliphatic carbocycles. The molecule has 1 rings (SSSR count). The van der Waals surface area contributed by atoms with Crippen molar-refractivity contribution in [1.29, 1.82) is 0 Å². The third-order valence-corrected chi connectivity index (χ3v) is 5.54. The van der Waals surface area contributed by atoms with Crippen molar-refractivity contribution < 1.29 is 0 Å². The first kappa shape index (κ1) is 14.3. The van der Waals surface area contributed by atoms with Crippen molar-refractivity contribution in [2.75, 3.05) is 0 Å². The van der Waals surface area contributed by atoms with E-state index < -0.39 is 0 Å². The van der Waals surface area contributed by atoms with Gasteiger partial charge >= 0.3 is 0 Å². The summed E-state index contributed by atoms with van der Waals surface area (Å²) in [6.45, 7) is 20.7. The zero-order valence-electron chi connectivity index (χ0n) is 13.1. The molecule has 0 nitrogen and oxygen atoms in total. The highest BCUT2D eigenvalue weighted by atomic mass is 14.4. The monoisotopic (exact) mass is 232 g/mol. The predicted octanol–water partition coefficient (Wildman–Crippen LogP) is 5.67. The van der Waals surface area contributed by atoms with E-state index in [-0.39, 0.29) is 5.41 Å². The highest BCUT2D eigenvalue weighted by Crippen LogP contribution is 2.51. The maximum atomic E-state index is 2.41. The van der Waals surface area contributed by atoms with Crippen LogP contribution in [0.5, 0.6) is 0 Å². The fourth-order valence-corrected chi connectivity index (χ4v) is 3.17. The van der Waals surface area contributed by atoms with E-state index in [2.05, 4.69) is 62.3 Å². The quantitative estimate of drug-likeness (QED) is 0.511. The van der Waals surface area contributed by atoms with Crippen molar-refractivity contribution in [3.63, 3.8) is 0 Å². The average Bonchev–Trinajstić information content (AvgIpc) is 2.30. The second-order valence-corrected chi connectivity index (χ2v) is 6.11. The summed E-state index contributed by atoms with van der Waals surface area (Å²) in [7, 11) is 0. The van der Waals surface area contributed by atoms with Gasteiger partial charge < -0.3 is 0 Å². The van der Waals surface area contributed by atoms with Gasteiger partial charge in [0.15, 0.2) is 0 Å². The van der Waals surface area contributed by atoms with Gasteiger partial charge in [0.05, 0.1) is 0 Å². The highest BCUT2D eigenvalue weighted by molar-refractivity contribution is 5.48. The zero-order chi connectivity index (χ0) is 13.5. The fraction of sp³-hybridized carbons (Fsp3) is 0.647. The van der Waals surface area contributed by atoms with Crippen molar-refractivity contribution in [3.05, 3.63) is 33.4 Å². The Bertz CT molecular complexity index is 425. The van der Waals surface area contributed by atoms with E-state index >= 15 is 0 Å². The second kappa shape index (κ2) is 4.48. The van der Waals surface area contributed by atoms with Gasteiger partial charge in [-0.15, -0.1) is 0 Å². The Balaban J connectivity index is 3.54. The van der Waals surface area contributed by atoms with Gasteiger partial charge in [-0.1, -0.05) is 36.1 Å². The van der Waals surface area contributed by atoms with Crippen LogP contribution in [-0.2, 0) is 0 Å². The maximum Gasteiger partial charge on any atom is 0.0158 e. The SMILES string of the molecule is CC(C)=C(C)C1(C)C(C)=C(C)C(C)=C(C)C1C. The lowest BCUT2D eigenvalue weighted by Crippen LogP contribution is -2.33. The molecule has 0 bridgehead atoms. The zero-order valence-corrected chi connectivity index (χ0v) is 13.1. The first-order valence-corrected chi connectivity index (χ1v) is 6.65. The van der Waals surface area contributed by atoms with E-state index in [1.165, 1.54) is 22.3 Å². The minimum Gasteiger partial charge on any atom is -0.0766 e. The number of allylic oxidation sites excluding steroid dienone is 6. The first-order valence-electron chi connectivity index (χ1n) is 6.65. The summed E-state index contributed by atoms with van der Waals surface area (Å²) in [5.74, 6) is 0.598. The predicted molar refractivity (Wildman–Crippen MR) is 78.1 cm³/mol. The fourth-order valence-electron chi connectivity index (χ4n) is 3.17. The van der Waals surface area contributed by atoms with E-state index in [0.717, 1.165) is 0 Å². The Morgan fingerprint density at radius 1 is 0.941 bits per heavy atom. The standard InChI is InChI=1S/C17H28/c1-10(2)14(6)17(9)15(7)12(4)11(3)13(5)16(17)8/h15H,1-9H3. The van der Waals surface area contributed by atoms with E-state index in [1.807, 2.05) is 0 Å². The summed E-state index contributed by atoms with van der Waals surface area (Å²) in [6, 6.07) is 0. The molecule has 0 saturated heterocycles. The van der Waals surface area contributed by atoms with Crippen molar-refractivity contribution in [1.82, 2.24) is 0 Å². The molecule has 17 heavy (non-hydrogen) atoms. The van der Waals surface area contributed by atoms with Crippen LogP contribution in [-0.4, -0.2) is 0 Å². The lowest BCUT2D eigenvalue weighted by atomic mass is 9.60. The second-order valence-electron chi connectivity index (χ2n) is 6.11. The van der Waals surface area contributed by atoms with Crippen molar-refractivity contribution in [2.45, 2.75) is 62.3 Å². The molecule has 0 saturated carbocycles. The number of hydrogen-bond acceptors (Lipinski definition) is 0. The van der Waals surface area contributed by atoms with Crippen LogP contribution in [0.2, 0.25) is 0 Å². The lowest BCUT2D eigenvalue weighted by Gasteiger charge is -2.44. The Hall–Kier alpha value is -0.780. The molecule has 0 radical (unpaired) electrons. The van der Waals surface area contributed by atoms with Crippen LogP contribution >= 0.6 is 0 Å². The van der Waals surface area contributed by atoms with Crippen molar-refractivity contribution >= 4 is 0 Å². The molecule has 2 atom stereocenters. The van der Waals surface area contributed by atoms with E-state index in [1.54, 1.807) is 11.1 Å². The molecule has 0 aromatic rings. The maximum absolute atomic E-state index is 2.41. The minimum absolute atomic E-state index is 0.201. The molecule has 0 heteroatoms. The van der Waals surface area contributed by atoms with Crippen LogP contribution in [0.15, 0.2) is 33.4 Å². The molecule has 0 fully saturated rings. The Morgan fingerprint density at radius 3 is 1.82 bits per heavy atom. The smallest absolute Gasteiger partial charge is 0.0158 e. The van der Waals surface area contributed by atoms with Crippen LogP contribution < -0.4 is 0 Å². The first-order chi connectivity index (χ1) is 7.65. The van der Waals surface area contributed by atoms with Gasteiger partial charge in [0, 0.05) is 5.41 Å². The van der Waals surface area contributed by atoms with Crippen LogP contribution in [0.3, 0.4) is 0 Å². The molecule has 0 aliphatic heterocycles. The van der Waals surface area contributed by atoms with Gasteiger partial charge in [-0.25, -0.2) is 0 Å². The molecule has 0 aromatic carbocycles. The molecular weight excluding hydrogens is 204 g/mol. The van der Waals surface area contributed by atoms with Crippen molar-refractivity contribution in [2.24, 2.45) is 11.3 Å².